The van der Waals surface area contributed by atoms with Crippen molar-refractivity contribution in [3.8, 4) is 5.75 Å². The highest BCUT2D eigenvalue weighted by Gasteiger charge is 2.32. The first kappa shape index (κ1) is 15.3. The smallest absolute Gasteiger partial charge is 0.115 e. The second-order valence-corrected chi connectivity index (χ2v) is 5.63. The molecule has 0 bridgehead atoms. The lowest BCUT2D eigenvalue weighted by Crippen LogP contribution is -2.41. The topological polar surface area (TPSA) is 50.7 Å². The lowest BCUT2D eigenvalue weighted by Gasteiger charge is -2.37. The van der Waals surface area contributed by atoms with Gasteiger partial charge in [0.15, 0.2) is 0 Å². The zero-order chi connectivity index (χ0) is 14.3. The van der Waals surface area contributed by atoms with Gasteiger partial charge >= 0.3 is 0 Å². The minimum atomic E-state index is 0.222. The third kappa shape index (κ3) is 4.47. The number of nitrogens with one attached hydrogen (secondary N) is 1. The van der Waals surface area contributed by atoms with Crippen molar-refractivity contribution in [2.45, 2.75) is 19.3 Å². The van der Waals surface area contributed by atoms with Crippen LogP contribution in [0.2, 0.25) is 0 Å². The average Bonchev–Trinajstić information content (AvgIpc) is 2.45. The van der Waals surface area contributed by atoms with Crippen LogP contribution in [0.15, 0.2) is 24.3 Å². The van der Waals surface area contributed by atoms with Gasteiger partial charge in [-0.2, -0.15) is 0 Å². The van der Waals surface area contributed by atoms with Crippen LogP contribution in [0.1, 0.15) is 18.4 Å². The molecule has 1 saturated heterocycles. The van der Waals surface area contributed by atoms with E-state index in [4.69, 9.17) is 9.47 Å². The fourth-order valence-electron chi connectivity index (χ4n) is 2.85. The molecule has 20 heavy (non-hydrogen) atoms. The molecule has 0 spiro atoms. The predicted molar refractivity (Wildman–Crippen MR) is 79.0 cm³/mol. The van der Waals surface area contributed by atoms with Gasteiger partial charge in [-0.3, -0.25) is 0 Å². The fourth-order valence-corrected chi connectivity index (χ4v) is 2.85. The molecule has 112 valence electrons. The largest absolute Gasteiger partial charge is 0.508 e. The van der Waals surface area contributed by atoms with Gasteiger partial charge in [-0.15, -0.1) is 0 Å². The Morgan fingerprint density at radius 3 is 2.85 bits per heavy atom. The molecular weight excluding hydrogens is 254 g/mol. The standard InChI is InChI=1S/C16H25NO3/c1-19-10-7-17-13-16(5-8-20-9-6-16)12-14-3-2-4-15(18)11-14/h2-4,11,17-18H,5-10,12-13H2,1H3. The van der Waals surface area contributed by atoms with Crippen LogP contribution < -0.4 is 5.32 Å². The van der Waals surface area contributed by atoms with Gasteiger partial charge in [-0.25, -0.2) is 0 Å². The molecule has 1 aromatic carbocycles. The zero-order valence-electron chi connectivity index (χ0n) is 12.2. The number of phenolic OH excluding ortho intramolecular Hbond substituents is 1. The monoisotopic (exact) mass is 279 g/mol. The number of methoxy groups -OCH3 is 1. The molecule has 4 nitrogen and oxygen atoms in total. The Morgan fingerprint density at radius 2 is 2.15 bits per heavy atom. The minimum absolute atomic E-state index is 0.222. The summed E-state index contributed by atoms with van der Waals surface area (Å²) in [4.78, 5) is 0. The highest BCUT2D eigenvalue weighted by Crippen LogP contribution is 2.34. The molecular formula is C16H25NO3. The Bertz CT molecular complexity index is 402. The highest BCUT2D eigenvalue weighted by molar-refractivity contribution is 5.28. The third-order valence-corrected chi connectivity index (χ3v) is 4.03. The second kappa shape index (κ2) is 7.62. The molecule has 0 atom stereocenters. The summed E-state index contributed by atoms with van der Waals surface area (Å²) >= 11 is 0. The van der Waals surface area contributed by atoms with Crippen molar-refractivity contribution in [2.75, 3.05) is 40.0 Å². The summed E-state index contributed by atoms with van der Waals surface area (Å²) in [6, 6.07) is 7.59. The molecule has 0 amide bonds. The zero-order valence-corrected chi connectivity index (χ0v) is 12.2. The number of hydrogen-bond donors (Lipinski definition) is 2. The van der Waals surface area contributed by atoms with Crippen LogP contribution in [0.3, 0.4) is 0 Å². The van der Waals surface area contributed by atoms with Gasteiger partial charge in [-0.05, 0) is 42.4 Å². The highest BCUT2D eigenvalue weighted by atomic mass is 16.5. The summed E-state index contributed by atoms with van der Waals surface area (Å²) in [5.41, 5.74) is 1.42. The Balaban J connectivity index is 1.98. The van der Waals surface area contributed by atoms with E-state index in [1.807, 2.05) is 12.1 Å². The molecule has 2 N–H and O–H groups in total. The van der Waals surface area contributed by atoms with Crippen molar-refractivity contribution >= 4 is 0 Å². The maximum atomic E-state index is 9.62. The normalized spacial score (nSPS) is 18.1. The molecule has 1 aliphatic rings. The molecule has 4 heteroatoms. The first-order valence-corrected chi connectivity index (χ1v) is 7.29. The molecule has 1 heterocycles. The van der Waals surface area contributed by atoms with E-state index in [0.29, 0.717) is 5.75 Å². The Labute approximate surface area is 121 Å². The summed E-state index contributed by atoms with van der Waals surface area (Å²) < 4.78 is 10.6. The number of hydrogen-bond acceptors (Lipinski definition) is 4. The average molecular weight is 279 g/mol. The molecule has 2 rings (SSSR count). The first-order chi connectivity index (χ1) is 9.74. The Hall–Kier alpha value is -1.10. The van der Waals surface area contributed by atoms with Crippen molar-refractivity contribution in [3.05, 3.63) is 29.8 Å². The van der Waals surface area contributed by atoms with Crippen LogP contribution in [-0.2, 0) is 15.9 Å². The van der Waals surface area contributed by atoms with Crippen LogP contribution in [0.4, 0.5) is 0 Å². The molecule has 1 aliphatic heterocycles. The molecule has 1 aromatic rings. The van der Waals surface area contributed by atoms with E-state index in [1.54, 1.807) is 13.2 Å². The van der Waals surface area contributed by atoms with Gasteiger partial charge in [0.1, 0.15) is 5.75 Å². The van der Waals surface area contributed by atoms with Gasteiger partial charge in [0.2, 0.25) is 0 Å². The van der Waals surface area contributed by atoms with Crippen LogP contribution in [0.25, 0.3) is 0 Å². The predicted octanol–water partition coefficient (Wildman–Crippen LogP) is 1.97. The second-order valence-electron chi connectivity index (χ2n) is 5.63. The van der Waals surface area contributed by atoms with Crippen LogP contribution >= 0.6 is 0 Å². The molecule has 0 aliphatic carbocycles. The van der Waals surface area contributed by atoms with Gasteiger partial charge in [0.25, 0.3) is 0 Å². The number of phenols is 1. The number of rotatable bonds is 7. The molecule has 0 unspecified atom stereocenters. The fraction of sp³-hybridized carbons (Fsp3) is 0.625. The van der Waals surface area contributed by atoms with Crippen molar-refractivity contribution in [3.63, 3.8) is 0 Å². The van der Waals surface area contributed by atoms with E-state index in [1.165, 1.54) is 5.56 Å². The third-order valence-electron chi connectivity index (χ3n) is 4.03. The van der Waals surface area contributed by atoms with E-state index < -0.39 is 0 Å². The van der Waals surface area contributed by atoms with E-state index in [9.17, 15) is 5.11 Å². The van der Waals surface area contributed by atoms with Crippen molar-refractivity contribution < 1.29 is 14.6 Å². The summed E-state index contributed by atoms with van der Waals surface area (Å²) in [5.74, 6) is 0.344. The molecule has 1 fully saturated rings. The maximum Gasteiger partial charge on any atom is 0.115 e. The summed E-state index contributed by atoms with van der Waals surface area (Å²) in [7, 11) is 1.72. The van der Waals surface area contributed by atoms with Crippen LogP contribution in [-0.4, -0.2) is 45.1 Å². The summed E-state index contributed by atoms with van der Waals surface area (Å²) in [6.45, 7) is 4.22. The molecule has 0 radical (unpaired) electrons. The van der Waals surface area contributed by atoms with Crippen molar-refractivity contribution in [1.29, 1.82) is 0 Å². The summed E-state index contributed by atoms with van der Waals surface area (Å²) in [5, 5.41) is 13.1. The van der Waals surface area contributed by atoms with E-state index in [0.717, 1.165) is 52.2 Å². The van der Waals surface area contributed by atoms with Crippen LogP contribution in [0, 0.1) is 5.41 Å². The van der Waals surface area contributed by atoms with E-state index in [2.05, 4.69) is 11.4 Å². The van der Waals surface area contributed by atoms with Crippen molar-refractivity contribution in [1.82, 2.24) is 5.32 Å². The Kier molecular flexibility index (Phi) is 5.83. The lowest BCUT2D eigenvalue weighted by molar-refractivity contribution is 0.0143. The SMILES string of the molecule is COCCNCC1(Cc2cccc(O)c2)CCOCC1. The van der Waals surface area contributed by atoms with Gasteiger partial charge < -0.3 is 19.9 Å². The number of benzene rings is 1. The van der Waals surface area contributed by atoms with Gasteiger partial charge in [0, 0.05) is 33.4 Å². The first-order valence-electron chi connectivity index (χ1n) is 7.29. The minimum Gasteiger partial charge on any atom is -0.508 e. The van der Waals surface area contributed by atoms with E-state index >= 15 is 0 Å². The van der Waals surface area contributed by atoms with Gasteiger partial charge in [0.05, 0.1) is 6.61 Å². The lowest BCUT2D eigenvalue weighted by atomic mass is 9.75. The number of ether oxygens (including phenoxy) is 2. The van der Waals surface area contributed by atoms with Gasteiger partial charge in [-0.1, -0.05) is 12.1 Å². The molecule has 0 aromatic heterocycles. The van der Waals surface area contributed by atoms with Crippen LogP contribution in [0.5, 0.6) is 5.75 Å². The Morgan fingerprint density at radius 1 is 1.35 bits per heavy atom. The van der Waals surface area contributed by atoms with E-state index in [-0.39, 0.29) is 5.41 Å². The number of aromatic hydroxyl groups is 1. The van der Waals surface area contributed by atoms with Crippen molar-refractivity contribution in [2.24, 2.45) is 5.41 Å². The maximum absolute atomic E-state index is 9.62. The molecule has 0 saturated carbocycles. The quantitative estimate of drug-likeness (QED) is 0.749. The summed E-state index contributed by atoms with van der Waals surface area (Å²) in [6.07, 6.45) is 3.09.